The zero-order chi connectivity index (χ0) is 22.6. The van der Waals surface area contributed by atoms with Gasteiger partial charge >= 0.3 is 0 Å². The second-order valence-electron chi connectivity index (χ2n) is 9.45. The fourth-order valence-corrected chi connectivity index (χ4v) is 5.58. The molecule has 0 bridgehead atoms. The SMILES string of the molecule is O=C(C[C@H]1C(=O)NCCN1Cc1cccc(F)c1F)NCC1(N2CCCCC2)CCCC1. The largest absolute Gasteiger partial charge is 0.354 e. The number of carbonyl (C=O) groups excluding carboxylic acids is 2. The van der Waals surface area contributed by atoms with Gasteiger partial charge in [-0.3, -0.25) is 19.4 Å². The Morgan fingerprint density at radius 3 is 2.59 bits per heavy atom. The van der Waals surface area contributed by atoms with Crippen LogP contribution in [0.1, 0.15) is 56.9 Å². The minimum absolute atomic E-state index is 0.0127. The Balaban J connectivity index is 1.38. The quantitative estimate of drug-likeness (QED) is 0.673. The molecule has 2 heterocycles. The molecule has 1 aliphatic carbocycles. The van der Waals surface area contributed by atoms with Gasteiger partial charge in [-0.1, -0.05) is 31.4 Å². The third-order valence-corrected chi connectivity index (χ3v) is 7.40. The topological polar surface area (TPSA) is 64.7 Å². The van der Waals surface area contributed by atoms with Crippen molar-refractivity contribution in [3.8, 4) is 0 Å². The lowest BCUT2D eigenvalue weighted by Crippen LogP contribution is -2.58. The number of rotatable bonds is 7. The van der Waals surface area contributed by atoms with E-state index >= 15 is 0 Å². The molecule has 2 aliphatic heterocycles. The summed E-state index contributed by atoms with van der Waals surface area (Å²) < 4.78 is 27.8. The van der Waals surface area contributed by atoms with Crippen LogP contribution in [0.5, 0.6) is 0 Å². The van der Waals surface area contributed by atoms with Gasteiger partial charge < -0.3 is 10.6 Å². The van der Waals surface area contributed by atoms with Crippen LogP contribution < -0.4 is 10.6 Å². The predicted octanol–water partition coefficient (Wildman–Crippen LogP) is 2.57. The van der Waals surface area contributed by atoms with Crippen molar-refractivity contribution in [2.45, 2.75) is 69.5 Å². The van der Waals surface area contributed by atoms with Crippen LogP contribution >= 0.6 is 0 Å². The summed E-state index contributed by atoms with van der Waals surface area (Å²) in [5, 5.41) is 5.91. The first-order chi connectivity index (χ1) is 15.5. The van der Waals surface area contributed by atoms with Crippen LogP contribution in [0.4, 0.5) is 8.78 Å². The summed E-state index contributed by atoms with van der Waals surface area (Å²) in [6, 6.07) is 3.36. The van der Waals surface area contributed by atoms with E-state index in [-0.39, 0.29) is 35.9 Å². The zero-order valence-corrected chi connectivity index (χ0v) is 18.7. The molecule has 32 heavy (non-hydrogen) atoms. The number of amides is 2. The van der Waals surface area contributed by atoms with Crippen molar-refractivity contribution in [3.63, 3.8) is 0 Å². The summed E-state index contributed by atoms with van der Waals surface area (Å²) in [7, 11) is 0. The molecule has 0 aromatic heterocycles. The number of halogens is 2. The Hall–Kier alpha value is -2.06. The highest BCUT2D eigenvalue weighted by atomic mass is 19.2. The summed E-state index contributed by atoms with van der Waals surface area (Å²) in [5.41, 5.74) is 0.232. The van der Waals surface area contributed by atoms with E-state index < -0.39 is 17.7 Å². The van der Waals surface area contributed by atoms with E-state index in [4.69, 9.17) is 0 Å². The lowest BCUT2D eigenvalue weighted by molar-refractivity contribution is -0.134. The Bertz CT molecular complexity index is 822. The summed E-state index contributed by atoms with van der Waals surface area (Å²) in [6.07, 6.45) is 8.28. The molecule has 1 aromatic rings. The number of carbonyl (C=O) groups is 2. The van der Waals surface area contributed by atoms with E-state index in [1.165, 1.54) is 44.2 Å². The van der Waals surface area contributed by atoms with Crippen molar-refractivity contribution in [2.24, 2.45) is 0 Å². The van der Waals surface area contributed by atoms with Crippen molar-refractivity contribution < 1.29 is 18.4 Å². The minimum atomic E-state index is -0.905. The lowest BCUT2D eigenvalue weighted by atomic mass is 9.92. The molecule has 1 saturated carbocycles. The molecule has 0 unspecified atom stereocenters. The van der Waals surface area contributed by atoms with Crippen LogP contribution in [0.2, 0.25) is 0 Å². The van der Waals surface area contributed by atoms with E-state index in [1.54, 1.807) is 4.90 Å². The average molecular weight is 449 g/mol. The molecule has 0 spiro atoms. The maximum Gasteiger partial charge on any atom is 0.237 e. The molecule has 0 radical (unpaired) electrons. The van der Waals surface area contributed by atoms with E-state index in [9.17, 15) is 18.4 Å². The molecule has 3 aliphatic rings. The third kappa shape index (κ3) is 5.12. The Kier molecular flexibility index (Phi) is 7.40. The molecule has 1 atom stereocenters. The molecule has 3 fully saturated rings. The van der Waals surface area contributed by atoms with Crippen molar-refractivity contribution in [1.29, 1.82) is 0 Å². The number of piperazine rings is 1. The molecule has 2 N–H and O–H groups in total. The van der Waals surface area contributed by atoms with Gasteiger partial charge in [-0.15, -0.1) is 0 Å². The van der Waals surface area contributed by atoms with Gasteiger partial charge in [-0.05, 0) is 44.8 Å². The summed E-state index contributed by atoms with van der Waals surface area (Å²) >= 11 is 0. The van der Waals surface area contributed by atoms with Crippen molar-refractivity contribution >= 4 is 11.8 Å². The first-order valence-corrected chi connectivity index (χ1v) is 11.9. The fourth-order valence-electron chi connectivity index (χ4n) is 5.58. The molecule has 8 heteroatoms. The normalized spacial score (nSPS) is 24.3. The molecule has 6 nitrogen and oxygen atoms in total. The van der Waals surface area contributed by atoms with Gasteiger partial charge in [0.15, 0.2) is 11.6 Å². The molecule has 176 valence electrons. The Labute approximate surface area is 188 Å². The van der Waals surface area contributed by atoms with E-state index in [0.717, 1.165) is 32.0 Å². The second kappa shape index (κ2) is 10.3. The smallest absolute Gasteiger partial charge is 0.237 e. The summed E-state index contributed by atoms with van der Waals surface area (Å²) in [4.78, 5) is 29.8. The number of hydrogen-bond acceptors (Lipinski definition) is 4. The molecular formula is C24H34F2N4O2. The van der Waals surface area contributed by atoms with E-state index in [0.29, 0.717) is 19.6 Å². The first-order valence-electron chi connectivity index (χ1n) is 11.9. The van der Waals surface area contributed by atoms with Gasteiger partial charge in [-0.25, -0.2) is 8.78 Å². The van der Waals surface area contributed by atoms with Crippen LogP contribution in [-0.2, 0) is 16.1 Å². The Morgan fingerprint density at radius 2 is 1.84 bits per heavy atom. The predicted molar refractivity (Wildman–Crippen MR) is 118 cm³/mol. The number of benzene rings is 1. The third-order valence-electron chi connectivity index (χ3n) is 7.40. The number of nitrogens with zero attached hydrogens (tertiary/aromatic N) is 2. The monoisotopic (exact) mass is 448 g/mol. The highest BCUT2D eigenvalue weighted by Crippen LogP contribution is 2.36. The zero-order valence-electron chi connectivity index (χ0n) is 18.7. The van der Waals surface area contributed by atoms with Gasteiger partial charge in [0.1, 0.15) is 0 Å². The van der Waals surface area contributed by atoms with Gasteiger partial charge in [0.25, 0.3) is 0 Å². The lowest BCUT2D eigenvalue weighted by Gasteiger charge is -2.44. The standard InChI is InChI=1S/C24H34F2N4O2/c25-19-8-6-7-18(22(19)26)16-29-14-11-27-23(32)20(29)15-21(31)28-17-24(9-2-3-10-24)30-12-4-1-5-13-30/h6-8,20H,1-5,9-17H2,(H,27,32)(H,28,31)/t20-/m0/s1. The number of nitrogens with one attached hydrogen (secondary N) is 2. The minimum Gasteiger partial charge on any atom is -0.354 e. The Morgan fingerprint density at radius 1 is 1.09 bits per heavy atom. The first kappa shape index (κ1) is 23.1. The van der Waals surface area contributed by atoms with Gasteiger partial charge in [-0.2, -0.15) is 0 Å². The number of hydrogen-bond donors (Lipinski definition) is 2. The highest BCUT2D eigenvalue weighted by molar-refractivity contribution is 5.88. The molecule has 2 saturated heterocycles. The van der Waals surface area contributed by atoms with Crippen LogP contribution in [0.3, 0.4) is 0 Å². The summed E-state index contributed by atoms with van der Waals surface area (Å²) in [6.45, 7) is 3.79. The second-order valence-corrected chi connectivity index (χ2v) is 9.45. The van der Waals surface area contributed by atoms with E-state index in [1.807, 2.05) is 0 Å². The van der Waals surface area contributed by atoms with Gasteiger partial charge in [0.2, 0.25) is 11.8 Å². The highest BCUT2D eigenvalue weighted by Gasteiger charge is 2.40. The maximum absolute atomic E-state index is 14.2. The molecule has 4 rings (SSSR count). The molecule has 2 amide bonds. The van der Waals surface area contributed by atoms with Gasteiger partial charge in [0, 0.05) is 37.3 Å². The maximum atomic E-state index is 14.2. The van der Waals surface area contributed by atoms with E-state index in [2.05, 4.69) is 15.5 Å². The van der Waals surface area contributed by atoms with Gasteiger partial charge in [0.05, 0.1) is 12.5 Å². The fraction of sp³-hybridized carbons (Fsp3) is 0.667. The van der Waals surface area contributed by atoms with Crippen molar-refractivity contribution in [2.75, 3.05) is 32.7 Å². The van der Waals surface area contributed by atoms with Crippen LogP contribution in [0, 0.1) is 11.6 Å². The average Bonchev–Trinajstić information content (AvgIpc) is 3.29. The molecule has 1 aromatic carbocycles. The van der Waals surface area contributed by atoms with Crippen molar-refractivity contribution in [1.82, 2.24) is 20.4 Å². The van der Waals surface area contributed by atoms with Crippen LogP contribution in [-0.4, -0.2) is 65.9 Å². The summed E-state index contributed by atoms with van der Waals surface area (Å²) in [5.74, 6) is -2.21. The molecular weight excluding hydrogens is 414 g/mol. The number of likely N-dealkylation sites (tertiary alicyclic amines) is 1. The van der Waals surface area contributed by atoms with Crippen LogP contribution in [0.25, 0.3) is 0 Å². The van der Waals surface area contributed by atoms with Crippen molar-refractivity contribution in [3.05, 3.63) is 35.4 Å². The number of piperidine rings is 1. The van der Waals surface area contributed by atoms with Crippen LogP contribution in [0.15, 0.2) is 18.2 Å².